The third-order valence-corrected chi connectivity index (χ3v) is 6.94. The van der Waals surface area contributed by atoms with E-state index in [1.807, 2.05) is 35.4 Å². The van der Waals surface area contributed by atoms with Crippen molar-refractivity contribution in [3.05, 3.63) is 41.6 Å². The molecule has 1 aliphatic heterocycles. The highest BCUT2D eigenvalue weighted by Gasteiger charge is 2.28. The molecule has 2 amide bonds. The molecular weight excluding hydrogens is 454 g/mol. The van der Waals surface area contributed by atoms with Crippen molar-refractivity contribution in [3.8, 4) is 0 Å². The lowest BCUT2D eigenvalue weighted by Crippen LogP contribution is -2.44. The summed E-state index contributed by atoms with van der Waals surface area (Å²) in [5.41, 5.74) is 2.99. The Morgan fingerprint density at radius 1 is 1.14 bits per heavy atom. The van der Waals surface area contributed by atoms with Gasteiger partial charge in [-0.3, -0.25) is 9.59 Å². The Morgan fingerprint density at radius 3 is 2.61 bits per heavy atom. The molecule has 36 heavy (non-hydrogen) atoms. The van der Waals surface area contributed by atoms with Crippen molar-refractivity contribution in [3.63, 3.8) is 0 Å². The van der Waals surface area contributed by atoms with Crippen LogP contribution in [0.5, 0.6) is 0 Å². The second kappa shape index (κ2) is 12.2. The number of rotatable bonds is 11. The van der Waals surface area contributed by atoms with Crippen LogP contribution >= 0.6 is 0 Å². The van der Waals surface area contributed by atoms with Crippen molar-refractivity contribution in [1.82, 2.24) is 25.1 Å². The van der Waals surface area contributed by atoms with E-state index in [1.165, 1.54) is 19.8 Å². The summed E-state index contributed by atoms with van der Waals surface area (Å²) in [4.78, 5) is 37.5. The molecule has 2 aromatic rings. The van der Waals surface area contributed by atoms with E-state index >= 15 is 0 Å². The number of likely N-dealkylation sites (tertiary alicyclic amines) is 1. The zero-order chi connectivity index (χ0) is 25.5. The number of hydrogen-bond acceptors (Lipinski definition) is 7. The highest BCUT2D eigenvalue weighted by molar-refractivity contribution is 5.79. The van der Waals surface area contributed by atoms with Gasteiger partial charge >= 0.3 is 0 Å². The minimum Gasteiger partial charge on any atom is -0.370 e. The molecule has 0 atom stereocenters. The Hall–Kier alpha value is -3.20. The summed E-state index contributed by atoms with van der Waals surface area (Å²) >= 11 is 0. The molecular formula is C27H45N7O2. The smallest absolute Gasteiger partial charge is 0.229 e. The maximum atomic E-state index is 12.9. The molecule has 200 valence electrons. The molecule has 1 aliphatic carbocycles. The highest BCUT2D eigenvalue weighted by atomic mass is 16.2. The van der Waals surface area contributed by atoms with Gasteiger partial charge in [0, 0.05) is 60.9 Å². The Morgan fingerprint density at radius 2 is 1.92 bits per heavy atom. The molecule has 9 nitrogen and oxygen atoms in total. The summed E-state index contributed by atoms with van der Waals surface area (Å²) in [7, 11) is 4.22. The first-order valence-electron chi connectivity index (χ1n) is 13.0. The second-order valence-corrected chi connectivity index (χ2v) is 10.1. The van der Waals surface area contributed by atoms with Crippen molar-refractivity contribution in [2.45, 2.75) is 57.4 Å². The fourth-order valence-corrected chi connectivity index (χ4v) is 4.65. The van der Waals surface area contributed by atoms with E-state index in [9.17, 15) is 9.59 Å². The predicted molar refractivity (Wildman–Crippen MR) is 149 cm³/mol. The van der Waals surface area contributed by atoms with Gasteiger partial charge in [0.25, 0.3) is 0 Å². The van der Waals surface area contributed by atoms with Gasteiger partial charge in [-0.1, -0.05) is 12.1 Å². The lowest BCUT2D eigenvalue weighted by atomic mass is 10.0. The molecule has 4 rings (SSSR count). The van der Waals surface area contributed by atoms with Crippen LogP contribution in [-0.2, 0) is 16.0 Å². The molecule has 0 spiro atoms. The Bertz CT molecular complexity index is 1060. The number of anilines is 3. The average Bonchev–Trinajstić information content (AvgIpc) is 3.69. The molecule has 1 aromatic heterocycles. The molecule has 1 aromatic carbocycles. The summed E-state index contributed by atoms with van der Waals surface area (Å²) in [6.07, 6.45) is 7.51. The van der Waals surface area contributed by atoms with Crippen molar-refractivity contribution < 1.29 is 13.9 Å². The Labute approximate surface area is 218 Å². The molecule has 0 radical (unpaired) electrons. The van der Waals surface area contributed by atoms with Gasteiger partial charge < -0.3 is 25.8 Å². The molecule has 1 saturated heterocycles. The number of carbonyl (C=O) groups is 2. The molecule has 2 fully saturated rings. The van der Waals surface area contributed by atoms with Crippen LogP contribution in [-0.4, -0.2) is 77.9 Å². The molecule has 3 N–H and O–H groups in total. The zero-order valence-electron chi connectivity index (χ0n) is 21.7. The van der Waals surface area contributed by atoms with Gasteiger partial charge in [-0.05, 0) is 69.8 Å². The topological polar surface area (TPSA) is 102 Å². The van der Waals surface area contributed by atoms with Crippen LogP contribution in [0.15, 0.2) is 30.5 Å². The third kappa shape index (κ3) is 7.40. The van der Waals surface area contributed by atoms with Gasteiger partial charge in [-0.2, -0.15) is 4.98 Å². The van der Waals surface area contributed by atoms with Crippen LogP contribution in [0.1, 0.15) is 60.4 Å². The monoisotopic (exact) mass is 499 g/mol. The summed E-state index contributed by atoms with van der Waals surface area (Å²) in [6.45, 7) is 4.53. The summed E-state index contributed by atoms with van der Waals surface area (Å²) in [5.74, 6) is 2.07. The molecule has 9 heteroatoms. The molecule has 2 aliphatic rings. The fourth-order valence-electron chi connectivity index (χ4n) is 4.65. The van der Waals surface area contributed by atoms with Crippen molar-refractivity contribution in [2.24, 2.45) is 0 Å². The average molecular weight is 500 g/mol. The van der Waals surface area contributed by atoms with Crippen LogP contribution in [0.4, 0.5) is 17.5 Å². The molecule has 0 bridgehead atoms. The highest BCUT2D eigenvalue weighted by Crippen LogP contribution is 2.42. The number of nitrogens with one attached hydrogen (secondary N) is 3. The first-order valence-corrected chi connectivity index (χ1v) is 13.0. The van der Waals surface area contributed by atoms with Crippen molar-refractivity contribution >= 4 is 29.3 Å². The normalized spacial score (nSPS) is 16.2. The fraction of sp³-hybridized carbons (Fsp3) is 0.556. The van der Waals surface area contributed by atoms with Gasteiger partial charge in [0.2, 0.25) is 17.8 Å². The first kappa shape index (κ1) is 25.9. The van der Waals surface area contributed by atoms with E-state index in [0.717, 1.165) is 61.5 Å². The van der Waals surface area contributed by atoms with Gasteiger partial charge in [0.05, 0.1) is 6.42 Å². The van der Waals surface area contributed by atoms with Crippen molar-refractivity contribution in [2.75, 3.05) is 50.9 Å². The SMILES string of the molecule is CC(=O)NCCCNc1nc(Nc2cccc(CC(=O)N3CCC(N(C)C)CC3)c2)ncc1C1CC1.[HH].[HH].[HH]. The van der Waals surface area contributed by atoms with E-state index in [0.29, 0.717) is 30.9 Å². The van der Waals surface area contributed by atoms with Crippen LogP contribution in [0.2, 0.25) is 0 Å². The largest absolute Gasteiger partial charge is 0.370 e. The zero-order valence-corrected chi connectivity index (χ0v) is 21.7. The number of carbonyl (C=O) groups excluding carboxylic acids is 2. The number of benzene rings is 1. The third-order valence-electron chi connectivity index (χ3n) is 6.94. The maximum Gasteiger partial charge on any atom is 0.229 e. The Kier molecular flexibility index (Phi) is 8.74. The summed E-state index contributed by atoms with van der Waals surface area (Å²) in [6, 6.07) is 8.49. The number of amides is 2. The second-order valence-electron chi connectivity index (χ2n) is 10.1. The van der Waals surface area contributed by atoms with Crippen molar-refractivity contribution in [1.29, 1.82) is 0 Å². The quantitative estimate of drug-likeness (QED) is 0.403. The van der Waals surface area contributed by atoms with Crippen LogP contribution < -0.4 is 16.0 Å². The number of aromatic nitrogens is 2. The van der Waals surface area contributed by atoms with Gasteiger partial charge in [0.15, 0.2) is 0 Å². The van der Waals surface area contributed by atoms with Gasteiger partial charge in [-0.15, -0.1) is 0 Å². The van der Waals surface area contributed by atoms with Gasteiger partial charge in [0.1, 0.15) is 5.82 Å². The van der Waals surface area contributed by atoms with Gasteiger partial charge in [-0.25, -0.2) is 4.98 Å². The summed E-state index contributed by atoms with van der Waals surface area (Å²) in [5, 5.41) is 9.55. The van der Waals surface area contributed by atoms with E-state index in [-0.39, 0.29) is 16.1 Å². The van der Waals surface area contributed by atoms with E-state index in [2.05, 4.69) is 39.9 Å². The molecule has 0 unspecified atom stereocenters. The van der Waals surface area contributed by atoms with E-state index < -0.39 is 0 Å². The number of nitrogens with zero attached hydrogens (tertiary/aromatic N) is 4. The van der Waals surface area contributed by atoms with Crippen LogP contribution in [0, 0.1) is 0 Å². The Balaban J connectivity index is 0.00000253. The van der Waals surface area contributed by atoms with Crippen LogP contribution in [0.3, 0.4) is 0 Å². The number of piperidine rings is 1. The van der Waals surface area contributed by atoms with Crippen LogP contribution in [0.25, 0.3) is 0 Å². The lowest BCUT2D eigenvalue weighted by molar-refractivity contribution is -0.132. The molecule has 1 saturated carbocycles. The lowest BCUT2D eigenvalue weighted by Gasteiger charge is -2.35. The summed E-state index contributed by atoms with van der Waals surface area (Å²) < 4.78 is 0. The number of hydrogen-bond donors (Lipinski definition) is 3. The maximum absolute atomic E-state index is 12.9. The standard InChI is InChI=1S/C27H39N7O2.3H2/c1-19(35)28-12-5-13-29-26-24(21-8-9-21)18-30-27(32-26)31-22-7-4-6-20(16-22)17-25(36)34-14-10-23(11-15-34)33(2)3;;;/h4,6-7,16,18,21,23H,5,8-15,17H2,1-3H3,(H,28,35)(H2,29,30,31,32);3*1H. The van der Waals surface area contributed by atoms with E-state index in [1.54, 1.807) is 0 Å². The predicted octanol–water partition coefficient (Wildman–Crippen LogP) is 3.87. The minimum atomic E-state index is -0.0139. The first-order chi connectivity index (χ1) is 17.4. The van der Waals surface area contributed by atoms with E-state index in [4.69, 9.17) is 4.98 Å². The minimum absolute atomic E-state index is 0. The molecule has 2 heterocycles.